The number of hydrogen-bond acceptors (Lipinski definition) is 4. The predicted molar refractivity (Wildman–Crippen MR) is 70.1 cm³/mol. The summed E-state index contributed by atoms with van der Waals surface area (Å²) in [5.74, 6) is -0.829. The smallest absolute Gasteiger partial charge is 0.355 e. The first kappa shape index (κ1) is 14.6. The molecule has 1 N–H and O–H groups in total. The number of carbonyl (C=O) groups excluding carboxylic acids is 1. The summed E-state index contributed by atoms with van der Waals surface area (Å²) in [4.78, 5) is 28.2. The Labute approximate surface area is 110 Å². The van der Waals surface area contributed by atoms with Crippen molar-refractivity contribution in [1.82, 2.24) is 9.88 Å². The zero-order valence-corrected chi connectivity index (χ0v) is 11.8. The molecule has 1 aromatic rings. The van der Waals surface area contributed by atoms with E-state index in [0.29, 0.717) is 5.92 Å². The highest BCUT2D eigenvalue weighted by molar-refractivity contribution is 7.11. The van der Waals surface area contributed by atoms with Gasteiger partial charge in [0, 0.05) is 18.5 Å². The number of aromatic nitrogens is 1. The van der Waals surface area contributed by atoms with Gasteiger partial charge in [0.05, 0.1) is 0 Å². The van der Waals surface area contributed by atoms with Crippen LogP contribution in [0.4, 0.5) is 0 Å². The molecule has 0 saturated heterocycles. The Balaban J connectivity index is 2.76. The Kier molecular flexibility index (Phi) is 4.84. The maximum Gasteiger partial charge on any atom is 0.355 e. The van der Waals surface area contributed by atoms with Gasteiger partial charge in [0.1, 0.15) is 0 Å². The molecule has 1 heterocycles. The fourth-order valence-electron chi connectivity index (χ4n) is 1.66. The molecule has 0 saturated carbocycles. The van der Waals surface area contributed by atoms with E-state index in [1.165, 1.54) is 5.38 Å². The number of aromatic carboxylic acids is 1. The lowest BCUT2D eigenvalue weighted by atomic mass is 10.0. The van der Waals surface area contributed by atoms with Gasteiger partial charge < -0.3 is 10.0 Å². The van der Waals surface area contributed by atoms with Gasteiger partial charge in [-0.1, -0.05) is 13.8 Å². The van der Waals surface area contributed by atoms with Gasteiger partial charge in [-0.25, -0.2) is 9.78 Å². The molecule has 1 amide bonds. The van der Waals surface area contributed by atoms with Gasteiger partial charge in [-0.2, -0.15) is 0 Å². The third kappa shape index (κ3) is 3.53. The largest absolute Gasteiger partial charge is 0.476 e. The highest BCUT2D eigenvalue weighted by atomic mass is 32.1. The van der Waals surface area contributed by atoms with Crippen molar-refractivity contribution in [2.24, 2.45) is 5.92 Å². The minimum atomic E-state index is -1.11. The van der Waals surface area contributed by atoms with E-state index in [-0.39, 0.29) is 22.7 Å². The minimum absolute atomic E-state index is 0.0757. The van der Waals surface area contributed by atoms with Crippen LogP contribution in [0.25, 0.3) is 0 Å². The number of amides is 1. The van der Waals surface area contributed by atoms with E-state index >= 15 is 0 Å². The van der Waals surface area contributed by atoms with E-state index in [9.17, 15) is 9.59 Å². The SMILES string of the molecule is CC(C)CC(C)N(C)C(=O)c1nc(C(=O)O)cs1. The molecule has 0 radical (unpaired) electrons. The first-order valence-electron chi connectivity index (χ1n) is 5.79. The van der Waals surface area contributed by atoms with Crippen LogP contribution < -0.4 is 0 Å². The highest BCUT2D eigenvalue weighted by Crippen LogP contribution is 2.16. The van der Waals surface area contributed by atoms with Crippen LogP contribution in [0.2, 0.25) is 0 Å². The van der Waals surface area contributed by atoms with Crippen molar-refractivity contribution in [3.8, 4) is 0 Å². The summed E-state index contributed by atoms with van der Waals surface area (Å²) in [6, 6.07) is 0.106. The fourth-order valence-corrected chi connectivity index (χ4v) is 2.43. The van der Waals surface area contributed by atoms with Gasteiger partial charge in [-0.3, -0.25) is 4.79 Å². The van der Waals surface area contributed by atoms with Crippen molar-refractivity contribution in [3.63, 3.8) is 0 Å². The topological polar surface area (TPSA) is 70.5 Å². The Morgan fingerprint density at radius 2 is 2.06 bits per heavy atom. The summed E-state index contributed by atoms with van der Waals surface area (Å²) in [7, 11) is 1.72. The third-order valence-corrected chi connectivity index (χ3v) is 3.53. The van der Waals surface area contributed by atoms with Crippen LogP contribution in [0.15, 0.2) is 5.38 Å². The van der Waals surface area contributed by atoms with Crippen molar-refractivity contribution in [1.29, 1.82) is 0 Å². The summed E-state index contributed by atoms with van der Waals surface area (Å²) in [6.07, 6.45) is 0.902. The molecule has 1 aromatic heterocycles. The zero-order valence-electron chi connectivity index (χ0n) is 11.0. The standard InChI is InChI=1S/C12H18N2O3S/c1-7(2)5-8(3)14(4)11(15)10-13-9(6-18-10)12(16)17/h6-8H,5H2,1-4H3,(H,16,17). The van der Waals surface area contributed by atoms with Gasteiger partial charge in [-0.05, 0) is 19.3 Å². The maximum absolute atomic E-state index is 12.1. The molecule has 1 rings (SSSR count). The van der Waals surface area contributed by atoms with E-state index in [2.05, 4.69) is 18.8 Å². The number of carboxylic acids is 1. The lowest BCUT2D eigenvalue weighted by Crippen LogP contribution is -2.35. The molecule has 100 valence electrons. The Morgan fingerprint density at radius 3 is 2.50 bits per heavy atom. The Hall–Kier alpha value is -1.43. The van der Waals surface area contributed by atoms with Crippen molar-refractivity contribution < 1.29 is 14.7 Å². The van der Waals surface area contributed by atoms with Crippen LogP contribution >= 0.6 is 11.3 Å². The summed E-state index contributed by atoms with van der Waals surface area (Å²) in [5.41, 5.74) is -0.0757. The first-order valence-corrected chi connectivity index (χ1v) is 6.66. The second kappa shape index (κ2) is 5.95. The molecule has 0 aromatic carbocycles. The van der Waals surface area contributed by atoms with Crippen LogP contribution in [0, 0.1) is 5.92 Å². The third-order valence-electron chi connectivity index (χ3n) is 2.70. The first-order chi connectivity index (χ1) is 8.32. The predicted octanol–water partition coefficient (Wildman–Crippen LogP) is 2.35. The number of carboxylic acid groups (broad SMARTS) is 1. The molecule has 0 aliphatic rings. The molecule has 18 heavy (non-hydrogen) atoms. The summed E-state index contributed by atoms with van der Waals surface area (Å²) < 4.78 is 0. The van der Waals surface area contributed by atoms with Gasteiger partial charge in [0.15, 0.2) is 10.7 Å². The fraction of sp³-hybridized carbons (Fsp3) is 0.583. The normalized spacial score (nSPS) is 12.5. The number of hydrogen-bond donors (Lipinski definition) is 1. The quantitative estimate of drug-likeness (QED) is 0.891. The van der Waals surface area contributed by atoms with E-state index in [1.54, 1.807) is 11.9 Å². The number of nitrogens with zero attached hydrogens (tertiary/aromatic N) is 2. The second-order valence-electron chi connectivity index (χ2n) is 4.74. The molecule has 0 aliphatic carbocycles. The van der Waals surface area contributed by atoms with E-state index in [1.807, 2.05) is 6.92 Å². The Bertz CT molecular complexity index is 442. The average Bonchev–Trinajstić information content (AvgIpc) is 2.75. The lowest BCUT2D eigenvalue weighted by molar-refractivity contribution is 0.0691. The van der Waals surface area contributed by atoms with Crippen LogP contribution in [0.1, 0.15) is 47.5 Å². The van der Waals surface area contributed by atoms with Crippen molar-refractivity contribution in [2.45, 2.75) is 33.2 Å². The number of rotatable bonds is 5. The maximum atomic E-state index is 12.1. The zero-order chi connectivity index (χ0) is 13.9. The Morgan fingerprint density at radius 1 is 1.44 bits per heavy atom. The van der Waals surface area contributed by atoms with Gasteiger partial charge >= 0.3 is 5.97 Å². The monoisotopic (exact) mass is 270 g/mol. The van der Waals surface area contributed by atoms with Gasteiger partial charge in [-0.15, -0.1) is 11.3 Å². The van der Waals surface area contributed by atoms with E-state index in [4.69, 9.17) is 5.11 Å². The molecule has 1 atom stereocenters. The molecular weight excluding hydrogens is 252 g/mol. The minimum Gasteiger partial charge on any atom is -0.476 e. The van der Waals surface area contributed by atoms with Crippen LogP contribution in [0.3, 0.4) is 0 Å². The van der Waals surface area contributed by atoms with Crippen LogP contribution in [-0.2, 0) is 0 Å². The van der Waals surface area contributed by atoms with Gasteiger partial charge in [0.25, 0.3) is 5.91 Å². The summed E-state index contributed by atoms with van der Waals surface area (Å²) in [6.45, 7) is 6.17. The van der Waals surface area contributed by atoms with Crippen molar-refractivity contribution in [2.75, 3.05) is 7.05 Å². The lowest BCUT2D eigenvalue weighted by Gasteiger charge is -2.25. The molecule has 5 nitrogen and oxygen atoms in total. The molecular formula is C12H18N2O3S. The molecule has 0 bridgehead atoms. The molecule has 6 heteroatoms. The summed E-state index contributed by atoms with van der Waals surface area (Å²) in [5, 5.41) is 10.4. The van der Waals surface area contributed by atoms with Gasteiger partial charge in [0.2, 0.25) is 0 Å². The van der Waals surface area contributed by atoms with Crippen molar-refractivity contribution in [3.05, 3.63) is 16.1 Å². The molecule has 0 aliphatic heterocycles. The molecule has 0 spiro atoms. The van der Waals surface area contributed by atoms with Crippen molar-refractivity contribution >= 4 is 23.2 Å². The second-order valence-corrected chi connectivity index (χ2v) is 5.60. The van der Waals surface area contributed by atoms with Crippen LogP contribution in [-0.4, -0.2) is 40.0 Å². The number of thiazole rings is 1. The molecule has 0 fully saturated rings. The average molecular weight is 270 g/mol. The van der Waals surface area contributed by atoms with Crippen LogP contribution in [0.5, 0.6) is 0 Å². The molecule has 1 unspecified atom stereocenters. The van der Waals surface area contributed by atoms with E-state index in [0.717, 1.165) is 17.8 Å². The summed E-state index contributed by atoms with van der Waals surface area (Å²) >= 11 is 1.07. The van der Waals surface area contributed by atoms with E-state index < -0.39 is 5.97 Å². The highest BCUT2D eigenvalue weighted by Gasteiger charge is 2.22. The number of carbonyl (C=O) groups is 2.